The lowest BCUT2D eigenvalue weighted by molar-refractivity contribution is 0.618. The molecule has 222 valence electrons. The zero-order chi connectivity index (χ0) is 31.2. The van der Waals surface area contributed by atoms with Gasteiger partial charge in [-0.25, -0.2) is 4.98 Å². The Morgan fingerprint density at radius 2 is 0.979 bits per heavy atom. The van der Waals surface area contributed by atoms with Crippen LogP contribution in [0.3, 0.4) is 0 Å². The second-order valence-electron chi connectivity index (χ2n) is 11.6. The average molecular weight is 605 g/mol. The number of benzene rings is 7. The van der Waals surface area contributed by atoms with Gasteiger partial charge in [0.1, 0.15) is 16.8 Å². The molecule has 47 heavy (non-hydrogen) atoms. The van der Waals surface area contributed by atoms with Gasteiger partial charge in [0.15, 0.2) is 11.2 Å². The number of rotatable bonds is 6. The molecule has 0 saturated carbocycles. The van der Waals surface area contributed by atoms with Crippen molar-refractivity contribution >= 4 is 50.1 Å². The smallest absolute Gasteiger partial charge is 0.227 e. The van der Waals surface area contributed by atoms with Crippen LogP contribution in [0.2, 0.25) is 0 Å². The lowest BCUT2D eigenvalue weighted by Gasteiger charge is -2.25. The number of furan rings is 1. The van der Waals surface area contributed by atoms with Gasteiger partial charge in [-0.1, -0.05) is 115 Å². The molecule has 2 aromatic heterocycles. The first kappa shape index (κ1) is 27.0. The fourth-order valence-corrected chi connectivity index (χ4v) is 6.43. The Labute approximate surface area is 271 Å². The Morgan fingerprint density at radius 3 is 1.70 bits per heavy atom. The first-order valence-electron chi connectivity index (χ1n) is 15.7. The molecule has 0 saturated heterocycles. The monoisotopic (exact) mass is 604 g/mol. The van der Waals surface area contributed by atoms with E-state index in [4.69, 9.17) is 13.8 Å². The highest BCUT2D eigenvalue weighted by molar-refractivity contribution is 6.17. The summed E-state index contributed by atoms with van der Waals surface area (Å²) in [4.78, 5) is 7.22. The van der Waals surface area contributed by atoms with Crippen molar-refractivity contribution in [2.45, 2.75) is 0 Å². The third kappa shape index (κ3) is 4.75. The summed E-state index contributed by atoms with van der Waals surface area (Å²) in [5, 5.41) is 2.03. The molecule has 0 unspecified atom stereocenters. The lowest BCUT2D eigenvalue weighted by atomic mass is 9.99. The molecule has 0 N–H and O–H groups in total. The molecule has 0 radical (unpaired) electrons. The second kappa shape index (κ2) is 11.2. The van der Waals surface area contributed by atoms with Crippen LogP contribution in [0.15, 0.2) is 179 Å². The third-order valence-electron chi connectivity index (χ3n) is 8.69. The number of anilines is 3. The van der Waals surface area contributed by atoms with Crippen LogP contribution in [0.25, 0.3) is 66.7 Å². The van der Waals surface area contributed by atoms with Crippen molar-refractivity contribution in [2.75, 3.05) is 4.90 Å². The normalized spacial score (nSPS) is 11.4. The van der Waals surface area contributed by atoms with Gasteiger partial charge in [-0.15, -0.1) is 0 Å². The van der Waals surface area contributed by atoms with E-state index in [1.54, 1.807) is 0 Å². The molecule has 0 fully saturated rings. The summed E-state index contributed by atoms with van der Waals surface area (Å²) in [6.07, 6.45) is 0. The Kier molecular flexibility index (Phi) is 6.43. The molecule has 0 amide bonds. The number of para-hydroxylation sites is 2. The second-order valence-corrected chi connectivity index (χ2v) is 11.6. The van der Waals surface area contributed by atoms with E-state index in [0.717, 1.165) is 61.2 Å². The van der Waals surface area contributed by atoms with Crippen molar-refractivity contribution < 1.29 is 8.83 Å². The van der Waals surface area contributed by atoms with Gasteiger partial charge >= 0.3 is 0 Å². The van der Waals surface area contributed by atoms with Crippen molar-refractivity contribution in [2.24, 2.45) is 0 Å². The quantitative estimate of drug-likeness (QED) is 0.189. The summed E-state index contributed by atoms with van der Waals surface area (Å²) in [5.41, 5.74) is 11.4. The maximum absolute atomic E-state index is 6.65. The van der Waals surface area contributed by atoms with E-state index in [0.29, 0.717) is 11.5 Å². The molecule has 4 nitrogen and oxygen atoms in total. The highest BCUT2D eigenvalue weighted by Gasteiger charge is 2.26. The largest absolute Gasteiger partial charge is 0.454 e. The van der Waals surface area contributed by atoms with Gasteiger partial charge in [-0.2, -0.15) is 0 Å². The van der Waals surface area contributed by atoms with Crippen LogP contribution in [0.5, 0.6) is 0 Å². The maximum atomic E-state index is 6.65. The Bertz CT molecular complexity index is 2500. The minimum absolute atomic E-state index is 0.570. The molecule has 4 heteroatoms. The fraction of sp³-hybridized carbons (Fsp3) is 0. The zero-order valence-electron chi connectivity index (χ0n) is 25.4. The van der Waals surface area contributed by atoms with Crippen LogP contribution in [0.4, 0.5) is 17.1 Å². The molecule has 9 rings (SSSR count). The van der Waals surface area contributed by atoms with Crippen molar-refractivity contribution in [3.05, 3.63) is 170 Å². The van der Waals surface area contributed by atoms with Gasteiger partial charge in [0, 0.05) is 27.7 Å². The molecule has 7 aromatic carbocycles. The van der Waals surface area contributed by atoms with Crippen molar-refractivity contribution in [3.8, 4) is 33.7 Å². The van der Waals surface area contributed by atoms with E-state index < -0.39 is 0 Å². The molecular formula is C43H28N2O2. The highest BCUT2D eigenvalue weighted by atomic mass is 16.4. The van der Waals surface area contributed by atoms with Gasteiger partial charge in [0.05, 0.1) is 0 Å². The van der Waals surface area contributed by atoms with Crippen LogP contribution in [0, 0.1) is 0 Å². The fourth-order valence-electron chi connectivity index (χ4n) is 6.43. The van der Waals surface area contributed by atoms with E-state index >= 15 is 0 Å². The number of aromatic nitrogens is 1. The van der Waals surface area contributed by atoms with Gasteiger partial charge in [-0.05, 0) is 76.9 Å². The topological polar surface area (TPSA) is 42.4 Å². The Morgan fingerprint density at radius 1 is 0.404 bits per heavy atom. The van der Waals surface area contributed by atoms with E-state index in [2.05, 4.69) is 114 Å². The molecule has 0 aliphatic rings. The predicted molar refractivity (Wildman–Crippen MR) is 192 cm³/mol. The van der Waals surface area contributed by atoms with Crippen molar-refractivity contribution in [1.29, 1.82) is 0 Å². The van der Waals surface area contributed by atoms with E-state index in [9.17, 15) is 0 Å². The minimum Gasteiger partial charge on any atom is -0.454 e. The summed E-state index contributed by atoms with van der Waals surface area (Å²) in [5.74, 6) is 0.570. The minimum atomic E-state index is 0.570. The van der Waals surface area contributed by atoms with Crippen molar-refractivity contribution in [1.82, 2.24) is 4.98 Å². The Hall–Kier alpha value is -6.39. The number of hydrogen-bond donors (Lipinski definition) is 0. The summed E-state index contributed by atoms with van der Waals surface area (Å²) in [6, 6.07) is 58.5. The molecule has 0 spiro atoms. The van der Waals surface area contributed by atoms with Crippen LogP contribution in [0.1, 0.15) is 0 Å². The first-order valence-corrected chi connectivity index (χ1v) is 15.7. The van der Waals surface area contributed by atoms with Crippen LogP contribution in [-0.2, 0) is 0 Å². The van der Waals surface area contributed by atoms with E-state index in [1.165, 1.54) is 11.1 Å². The number of oxazole rings is 1. The molecule has 0 aliphatic carbocycles. The maximum Gasteiger partial charge on any atom is 0.227 e. The standard InChI is InChI=1S/C43H28N2O2/c1-4-13-29(14-5-1)32-17-12-18-33(27-32)30-23-25-35(26-24-30)45(34-19-8-3-9-20-34)40-41-37(36-21-10-11-22-39(36)46-41)28-38-42(40)47-43(44-38)31-15-6-2-7-16-31/h1-28H. The number of nitrogens with zero attached hydrogens (tertiary/aromatic N) is 2. The third-order valence-corrected chi connectivity index (χ3v) is 8.69. The van der Waals surface area contributed by atoms with E-state index in [-0.39, 0.29) is 0 Å². The summed E-state index contributed by atoms with van der Waals surface area (Å²) >= 11 is 0. The van der Waals surface area contributed by atoms with Crippen LogP contribution >= 0.6 is 0 Å². The van der Waals surface area contributed by atoms with Crippen molar-refractivity contribution in [3.63, 3.8) is 0 Å². The highest BCUT2D eigenvalue weighted by Crippen LogP contribution is 2.47. The van der Waals surface area contributed by atoms with Crippen LogP contribution in [-0.4, -0.2) is 4.98 Å². The number of fused-ring (bicyclic) bond motifs is 4. The molecule has 0 aliphatic heterocycles. The Balaban J connectivity index is 1.25. The predicted octanol–water partition coefficient (Wildman–Crippen LogP) is 12.2. The van der Waals surface area contributed by atoms with Gasteiger partial charge in [0.25, 0.3) is 0 Å². The molecule has 2 heterocycles. The summed E-state index contributed by atoms with van der Waals surface area (Å²) < 4.78 is 13.3. The van der Waals surface area contributed by atoms with Crippen LogP contribution < -0.4 is 4.90 Å². The van der Waals surface area contributed by atoms with Gasteiger partial charge in [-0.3, -0.25) is 0 Å². The molecular weight excluding hydrogens is 576 g/mol. The first-order chi connectivity index (χ1) is 23.3. The molecule has 9 aromatic rings. The lowest BCUT2D eigenvalue weighted by Crippen LogP contribution is -2.10. The summed E-state index contributed by atoms with van der Waals surface area (Å²) in [7, 11) is 0. The average Bonchev–Trinajstić information content (AvgIpc) is 3.75. The summed E-state index contributed by atoms with van der Waals surface area (Å²) in [6.45, 7) is 0. The SMILES string of the molecule is c1ccc(-c2cccc(-c3ccc(N(c4ccccc4)c4c5oc(-c6ccccc6)nc5cc5c4oc4ccccc45)cc3)c2)cc1. The molecule has 0 bridgehead atoms. The van der Waals surface area contributed by atoms with E-state index in [1.807, 2.05) is 60.7 Å². The number of hydrogen-bond acceptors (Lipinski definition) is 4. The van der Waals surface area contributed by atoms with Gasteiger partial charge in [0.2, 0.25) is 5.89 Å². The molecule has 0 atom stereocenters. The van der Waals surface area contributed by atoms with Gasteiger partial charge < -0.3 is 13.7 Å². The zero-order valence-corrected chi connectivity index (χ0v) is 25.4.